The molecular formula is C14H14ClFN2O2S. The lowest BCUT2D eigenvalue weighted by Gasteiger charge is -2.23. The molecular weight excluding hydrogens is 315 g/mol. The van der Waals surface area contributed by atoms with Crippen LogP contribution in [0.25, 0.3) is 0 Å². The number of nitrogens with zero attached hydrogens (tertiary/aromatic N) is 1. The van der Waals surface area contributed by atoms with Gasteiger partial charge in [0.2, 0.25) is 0 Å². The first-order chi connectivity index (χ1) is 9.86. The van der Waals surface area contributed by atoms with Crippen LogP contribution in [-0.2, 0) is 10.0 Å². The molecule has 0 unspecified atom stereocenters. The highest BCUT2D eigenvalue weighted by Crippen LogP contribution is 2.29. The van der Waals surface area contributed by atoms with Gasteiger partial charge >= 0.3 is 0 Å². The fraction of sp³-hybridized carbons (Fsp3) is 0.143. The summed E-state index contributed by atoms with van der Waals surface area (Å²) < 4.78 is 39.8. The zero-order valence-corrected chi connectivity index (χ0v) is 12.8. The van der Waals surface area contributed by atoms with Crippen LogP contribution >= 0.6 is 11.6 Å². The van der Waals surface area contributed by atoms with E-state index in [0.29, 0.717) is 0 Å². The Morgan fingerprint density at radius 2 is 1.95 bits per heavy atom. The number of nitrogens with two attached hydrogens (primary N) is 1. The van der Waals surface area contributed by atoms with E-state index in [0.717, 1.165) is 10.4 Å². The quantitative estimate of drug-likeness (QED) is 0.876. The number of halogens is 2. The van der Waals surface area contributed by atoms with Crippen LogP contribution in [0, 0.1) is 5.82 Å². The second-order valence-corrected chi connectivity index (χ2v) is 6.60. The first-order valence-electron chi connectivity index (χ1n) is 6.19. The first kappa shape index (κ1) is 15.6. The number of rotatable bonds is 4. The van der Waals surface area contributed by atoms with Gasteiger partial charge in [-0.15, -0.1) is 0 Å². The third-order valence-corrected chi connectivity index (χ3v) is 5.12. The number of nitrogen functional groups attached to an aromatic ring is 1. The average Bonchev–Trinajstić information content (AvgIpc) is 2.42. The molecule has 0 aliphatic rings. The SMILES string of the molecule is CCN(c1cccc(F)c1)S(=O)(=O)c1cc(Cl)ccc1N. The van der Waals surface area contributed by atoms with Crippen LogP contribution in [0.3, 0.4) is 0 Å². The summed E-state index contributed by atoms with van der Waals surface area (Å²) in [5, 5.41) is 0.262. The van der Waals surface area contributed by atoms with Crippen molar-refractivity contribution < 1.29 is 12.8 Å². The monoisotopic (exact) mass is 328 g/mol. The van der Waals surface area contributed by atoms with Crippen LogP contribution in [0.5, 0.6) is 0 Å². The lowest BCUT2D eigenvalue weighted by atomic mass is 10.3. The molecule has 0 bridgehead atoms. The highest BCUT2D eigenvalue weighted by Gasteiger charge is 2.26. The van der Waals surface area contributed by atoms with Gasteiger partial charge in [-0.3, -0.25) is 4.31 Å². The van der Waals surface area contributed by atoms with Gasteiger partial charge in [-0.05, 0) is 43.3 Å². The molecule has 21 heavy (non-hydrogen) atoms. The number of hydrogen-bond acceptors (Lipinski definition) is 3. The third kappa shape index (κ3) is 3.11. The van der Waals surface area contributed by atoms with Crippen molar-refractivity contribution in [2.45, 2.75) is 11.8 Å². The molecule has 0 saturated heterocycles. The summed E-state index contributed by atoms with van der Waals surface area (Å²) in [5.41, 5.74) is 6.06. The Hall–Kier alpha value is -1.79. The van der Waals surface area contributed by atoms with E-state index in [4.69, 9.17) is 17.3 Å². The van der Waals surface area contributed by atoms with Gasteiger partial charge in [0.05, 0.1) is 11.4 Å². The molecule has 2 aromatic carbocycles. The van der Waals surface area contributed by atoms with E-state index in [-0.39, 0.29) is 27.8 Å². The molecule has 0 heterocycles. The van der Waals surface area contributed by atoms with E-state index in [2.05, 4.69) is 0 Å². The number of benzene rings is 2. The zero-order valence-electron chi connectivity index (χ0n) is 11.3. The Balaban J connectivity index is 2.57. The Kier molecular flexibility index (Phi) is 4.39. The van der Waals surface area contributed by atoms with Gasteiger partial charge < -0.3 is 5.73 Å². The molecule has 2 rings (SSSR count). The van der Waals surface area contributed by atoms with Crippen LogP contribution in [0.4, 0.5) is 15.8 Å². The van der Waals surface area contributed by atoms with Gasteiger partial charge in [-0.1, -0.05) is 17.7 Å². The third-order valence-electron chi connectivity index (χ3n) is 2.93. The maximum absolute atomic E-state index is 13.3. The zero-order chi connectivity index (χ0) is 15.6. The van der Waals surface area contributed by atoms with Crippen LogP contribution in [-0.4, -0.2) is 15.0 Å². The molecule has 0 amide bonds. The van der Waals surface area contributed by atoms with Gasteiger partial charge in [-0.25, -0.2) is 12.8 Å². The summed E-state index contributed by atoms with van der Waals surface area (Å²) in [6.45, 7) is 1.79. The molecule has 0 aliphatic carbocycles. The van der Waals surface area contributed by atoms with E-state index < -0.39 is 15.8 Å². The average molecular weight is 329 g/mol. The van der Waals surface area contributed by atoms with Gasteiger partial charge in [-0.2, -0.15) is 0 Å². The molecule has 0 radical (unpaired) electrons. The Morgan fingerprint density at radius 3 is 2.57 bits per heavy atom. The van der Waals surface area contributed by atoms with Crippen molar-refractivity contribution in [2.75, 3.05) is 16.6 Å². The first-order valence-corrected chi connectivity index (χ1v) is 8.01. The fourth-order valence-corrected chi connectivity index (χ4v) is 3.82. The summed E-state index contributed by atoms with van der Waals surface area (Å²) >= 11 is 5.84. The minimum atomic E-state index is -3.92. The van der Waals surface area contributed by atoms with E-state index in [1.165, 1.54) is 36.4 Å². The van der Waals surface area contributed by atoms with Gasteiger partial charge in [0.1, 0.15) is 10.7 Å². The van der Waals surface area contributed by atoms with Crippen molar-refractivity contribution in [3.63, 3.8) is 0 Å². The van der Waals surface area contributed by atoms with Crippen LogP contribution in [0.2, 0.25) is 5.02 Å². The van der Waals surface area contributed by atoms with E-state index in [9.17, 15) is 12.8 Å². The lowest BCUT2D eigenvalue weighted by molar-refractivity contribution is 0.592. The van der Waals surface area contributed by atoms with Crippen molar-refractivity contribution in [3.8, 4) is 0 Å². The van der Waals surface area contributed by atoms with Crippen LogP contribution in [0.1, 0.15) is 6.92 Å². The fourth-order valence-electron chi connectivity index (χ4n) is 1.97. The number of anilines is 2. The second kappa shape index (κ2) is 5.91. The molecule has 2 aromatic rings. The van der Waals surface area contributed by atoms with E-state index in [1.54, 1.807) is 6.92 Å². The van der Waals surface area contributed by atoms with Gasteiger partial charge in [0.25, 0.3) is 10.0 Å². The number of sulfonamides is 1. The number of hydrogen-bond donors (Lipinski definition) is 1. The van der Waals surface area contributed by atoms with Gasteiger partial charge in [0, 0.05) is 11.6 Å². The molecule has 0 spiro atoms. The van der Waals surface area contributed by atoms with Crippen LogP contribution in [0.15, 0.2) is 47.4 Å². The Morgan fingerprint density at radius 1 is 1.24 bits per heavy atom. The van der Waals surface area contributed by atoms with Crippen molar-refractivity contribution in [1.82, 2.24) is 0 Å². The minimum Gasteiger partial charge on any atom is -0.398 e. The summed E-state index contributed by atoms with van der Waals surface area (Å²) in [6, 6.07) is 9.59. The summed E-state index contributed by atoms with van der Waals surface area (Å²) in [6.07, 6.45) is 0. The maximum Gasteiger partial charge on any atom is 0.266 e. The molecule has 0 atom stereocenters. The highest BCUT2D eigenvalue weighted by molar-refractivity contribution is 7.93. The summed E-state index contributed by atoms with van der Waals surface area (Å²) in [4.78, 5) is -0.0962. The Bertz CT molecular complexity index is 765. The molecule has 0 saturated carbocycles. The molecule has 7 heteroatoms. The predicted octanol–water partition coefficient (Wildman–Crippen LogP) is 3.28. The predicted molar refractivity (Wildman–Crippen MR) is 82.5 cm³/mol. The van der Waals surface area contributed by atoms with Crippen molar-refractivity contribution in [2.24, 2.45) is 0 Å². The second-order valence-electron chi connectivity index (χ2n) is 4.33. The molecule has 112 valence electrons. The molecule has 0 aliphatic heterocycles. The molecule has 0 aromatic heterocycles. The molecule has 4 nitrogen and oxygen atoms in total. The summed E-state index contributed by atoms with van der Waals surface area (Å²) in [5.74, 6) is -0.514. The topological polar surface area (TPSA) is 63.4 Å². The van der Waals surface area contributed by atoms with Crippen molar-refractivity contribution in [3.05, 3.63) is 53.3 Å². The lowest BCUT2D eigenvalue weighted by Crippen LogP contribution is -2.31. The minimum absolute atomic E-state index is 0.0919. The maximum atomic E-state index is 13.3. The molecule has 0 fully saturated rings. The highest BCUT2D eigenvalue weighted by atomic mass is 35.5. The van der Waals surface area contributed by atoms with E-state index in [1.807, 2.05) is 0 Å². The van der Waals surface area contributed by atoms with Crippen molar-refractivity contribution in [1.29, 1.82) is 0 Å². The molecule has 2 N–H and O–H groups in total. The normalized spacial score (nSPS) is 11.4. The standard InChI is InChI=1S/C14H14ClFN2O2S/c1-2-18(12-5-3-4-11(16)9-12)21(19,20)14-8-10(15)6-7-13(14)17/h3-9H,2,17H2,1H3. The van der Waals surface area contributed by atoms with Crippen LogP contribution < -0.4 is 10.0 Å². The summed E-state index contributed by atoms with van der Waals surface area (Å²) in [7, 11) is -3.92. The Labute approximate surface area is 128 Å². The van der Waals surface area contributed by atoms with Gasteiger partial charge in [0.15, 0.2) is 0 Å². The van der Waals surface area contributed by atoms with Crippen molar-refractivity contribution >= 4 is 33.0 Å². The smallest absolute Gasteiger partial charge is 0.266 e. The largest absolute Gasteiger partial charge is 0.398 e. The van der Waals surface area contributed by atoms with E-state index >= 15 is 0 Å².